The number of ether oxygens (including phenoxy) is 1. The molecule has 0 saturated heterocycles. The SMILES string of the molecule is CN/C(=C\c1ccc(OC(=O)c2cccnc2)cn1)C(=O)N/C(C=O)=C\c1ccccc1. The molecule has 0 spiro atoms. The first-order valence-electron chi connectivity index (χ1n) is 9.60. The molecule has 32 heavy (non-hydrogen) atoms. The third-order valence-electron chi connectivity index (χ3n) is 4.18. The van der Waals surface area contributed by atoms with Crippen LogP contribution >= 0.6 is 0 Å². The molecule has 0 saturated carbocycles. The van der Waals surface area contributed by atoms with E-state index in [9.17, 15) is 14.4 Å². The van der Waals surface area contributed by atoms with Gasteiger partial charge in [-0.25, -0.2) is 4.79 Å². The molecular weight excluding hydrogens is 408 g/mol. The number of benzene rings is 1. The average molecular weight is 428 g/mol. The fourth-order valence-electron chi connectivity index (χ4n) is 2.61. The molecule has 0 bridgehead atoms. The maximum Gasteiger partial charge on any atom is 0.345 e. The van der Waals surface area contributed by atoms with Crippen molar-refractivity contribution in [2.75, 3.05) is 7.05 Å². The summed E-state index contributed by atoms with van der Waals surface area (Å²) in [6, 6.07) is 15.5. The van der Waals surface area contributed by atoms with Crippen molar-refractivity contribution in [1.82, 2.24) is 20.6 Å². The normalized spacial score (nSPS) is 11.4. The van der Waals surface area contributed by atoms with Gasteiger partial charge in [0.25, 0.3) is 5.91 Å². The molecule has 1 amide bonds. The zero-order valence-corrected chi connectivity index (χ0v) is 17.2. The van der Waals surface area contributed by atoms with Crippen LogP contribution in [0.2, 0.25) is 0 Å². The van der Waals surface area contributed by atoms with Crippen molar-refractivity contribution in [3.05, 3.63) is 101 Å². The van der Waals surface area contributed by atoms with Crippen LogP contribution in [0.5, 0.6) is 5.75 Å². The number of amides is 1. The highest BCUT2D eigenvalue weighted by molar-refractivity contribution is 6.01. The number of esters is 1. The van der Waals surface area contributed by atoms with E-state index in [-0.39, 0.29) is 17.1 Å². The van der Waals surface area contributed by atoms with Gasteiger partial charge in [0, 0.05) is 19.4 Å². The number of allylic oxidation sites excluding steroid dienone is 1. The molecule has 8 nitrogen and oxygen atoms in total. The van der Waals surface area contributed by atoms with E-state index in [4.69, 9.17) is 4.74 Å². The second-order valence-corrected chi connectivity index (χ2v) is 6.44. The second kappa shape index (κ2) is 11.0. The lowest BCUT2D eigenvalue weighted by Crippen LogP contribution is -2.30. The number of nitrogens with one attached hydrogen (secondary N) is 2. The average Bonchev–Trinajstić information content (AvgIpc) is 2.84. The molecule has 2 heterocycles. The van der Waals surface area contributed by atoms with E-state index < -0.39 is 11.9 Å². The van der Waals surface area contributed by atoms with E-state index in [1.54, 1.807) is 43.6 Å². The molecule has 0 fully saturated rings. The van der Waals surface area contributed by atoms with Gasteiger partial charge in [-0.1, -0.05) is 30.3 Å². The summed E-state index contributed by atoms with van der Waals surface area (Å²) < 4.78 is 5.25. The molecule has 2 N–H and O–H groups in total. The van der Waals surface area contributed by atoms with Crippen LogP contribution in [0.4, 0.5) is 0 Å². The molecule has 0 aliphatic carbocycles. The lowest BCUT2D eigenvalue weighted by Gasteiger charge is -2.09. The van der Waals surface area contributed by atoms with E-state index in [1.165, 1.54) is 18.5 Å². The van der Waals surface area contributed by atoms with Gasteiger partial charge in [-0.3, -0.25) is 19.6 Å². The second-order valence-electron chi connectivity index (χ2n) is 6.44. The zero-order valence-electron chi connectivity index (χ0n) is 17.2. The first-order chi connectivity index (χ1) is 15.6. The summed E-state index contributed by atoms with van der Waals surface area (Å²) in [5, 5.41) is 5.35. The predicted octanol–water partition coefficient (Wildman–Crippen LogP) is 2.61. The molecule has 0 radical (unpaired) electrons. The van der Waals surface area contributed by atoms with Crippen molar-refractivity contribution in [2.24, 2.45) is 0 Å². The summed E-state index contributed by atoms with van der Waals surface area (Å²) in [6.07, 6.45) is 7.99. The standard InChI is InChI=1S/C24H20N4O4/c1-25-22(23(30)28-20(16-29)12-17-6-3-2-4-7-17)13-19-9-10-21(15-27-19)32-24(31)18-8-5-11-26-14-18/h2-16,25H,1H3,(H,28,30)/b20-12-,22-13-. The molecule has 0 aliphatic rings. The summed E-state index contributed by atoms with van der Waals surface area (Å²) >= 11 is 0. The Hall–Kier alpha value is -4.59. The van der Waals surface area contributed by atoms with Crippen molar-refractivity contribution >= 4 is 30.3 Å². The molecular formula is C24H20N4O4. The lowest BCUT2D eigenvalue weighted by atomic mass is 10.2. The van der Waals surface area contributed by atoms with Gasteiger partial charge >= 0.3 is 5.97 Å². The Bertz CT molecular complexity index is 1140. The number of hydrogen-bond acceptors (Lipinski definition) is 7. The predicted molar refractivity (Wildman–Crippen MR) is 119 cm³/mol. The number of rotatable bonds is 8. The van der Waals surface area contributed by atoms with Gasteiger partial charge in [0.2, 0.25) is 0 Å². The van der Waals surface area contributed by atoms with Gasteiger partial charge in [0.05, 0.1) is 23.2 Å². The summed E-state index contributed by atoms with van der Waals surface area (Å²) in [6.45, 7) is 0. The van der Waals surface area contributed by atoms with Crippen LogP contribution in [0.25, 0.3) is 12.2 Å². The molecule has 2 aromatic heterocycles. The smallest absolute Gasteiger partial charge is 0.345 e. The molecule has 3 rings (SSSR count). The van der Waals surface area contributed by atoms with Crippen molar-refractivity contribution in [3.8, 4) is 5.75 Å². The van der Waals surface area contributed by atoms with Crippen LogP contribution in [0.3, 0.4) is 0 Å². The van der Waals surface area contributed by atoms with E-state index in [0.717, 1.165) is 5.56 Å². The Morgan fingerprint density at radius 1 is 0.969 bits per heavy atom. The highest BCUT2D eigenvalue weighted by Crippen LogP contribution is 2.13. The zero-order chi connectivity index (χ0) is 22.8. The quantitative estimate of drug-likeness (QED) is 0.322. The van der Waals surface area contributed by atoms with E-state index in [2.05, 4.69) is 20.6 Å². The van der Waals surface area contributed by atoms with Crippen molar-refractivity contribution in [3.63, 3.8) is 0 Å². The fraction of sp³-hybridized carbons (Fsp3) is 0.0417. The molecule has 0 aliphatic heterocycles. The number of carbonyl (C=O) groups is 3. The molecule has 0 atom stereocenters. The van der Waals surface area contributed by atoms with Crippen LogP contribution < -0.4 is 15.4 Å². The van der Waals surface area contributed by atoms with Crippen LogP contribution in [0.15, 0.2) is 84.6 Å². The van der Waals surface area contributed by atoms with Gasteiger partial charge in [0.15, 0.2) is 6.29 Å². The molecule has 160 valence electrons. The fourth-order valence-corrected chi connectivity index (χ4v) is 2.61. The third-order valence-corrected chi connectivity index (χ3v) is 4.18. The topological polar surface area (TPSA) is 110 Å². The molecule has 8 heteroatoms. The Morgan fingerprint density at radius 2 is 1.78 bits per heavy atom. The van der Waals surface area contributed by atoms with Crippen molar-refractivity contribution in [1.29, 1.82) is 0 Å². The minimum absolute atomic E-state index is 0.118. The number of aldehydes is 1. The van der Waals surface area contributed by atoms with Gasteiger partial charge in [-0.2, -0.15) is 0 Å². The third kappa shape index (κ3) is 6.20. The summed E-state index contributed by atoms with van der Waals surface area (Å²) in [5.74, 6) is -0.804. The minimum Gasteiger partial charge on any atom is -0.421 e. The maximum absolute atomic E-state index is 12.6. The minimum atomic E-state index is -0.551. The van der Waals surface area contributed by atoms with Crippen LogP contribution in [-0.4, -0.2) is 35.2 Å². The number of pyridine rings is 2. The highest BCUT2D eigenvalue weighted by atomic mass is 16.5. The Labute approximate surface area is 184 Å². The van der Waals surface area contributed by atoms with E-state index in [1.807, 2.05) is 30.3 Å². The van der Waals surface area contributed by atoms with E-state index >= 15 is 0 Å². The van der Waals surface area contributed by atoms with Crippen LogP contribution in [0, 0.1) is 0 Å². The summed E-state index contributed by atoms with van der Waals surface area (Å²) in [4.78, 5) is 44.1. The number of nitrogens with zero attached hydrogens (tertiary/aromatic N) is 2. The Balaban J connectivity index is 1.68. The van der Waals surface area contributed by atoms with Gasteiger partial charge in [-0.05, 0) is 42.0 Å². The largest absolute Gasteiger partial charge is 0.421 e. The Kier molecular flexibility index (Phi) is 7.58. The molecule has 0 unspecified atom stereocenters. The lowest BCUT2D eigenvalue weighted by molar-refractivity contribution is -0.118. The van der Waals surface area contributed by atoms with E-state index in [0.29, 0.717) is 17.5 Å². The summed E-state index contributed by atoms with van der Waals surface area (Å²) in [5.41, 5.74) is 1.86. The number of aromatic nitrogens is 2. The summed E-state index contributed by atoms with van der Waals surface area (Å²) in [7, 11) is 1.58. The number of likely N-dealkylation sites (N-methyl/N-ethyl adjacent to an activating group) is 1. The molecule has 1 aromatic carbocycles. The van der Waals surface area contributed by atoms with Gasteiger partial charge in [-0.15, -0.1) is 0 Å². The number of carbonyl (C=O) groups excluding carboxylic acids is 3. The van der Waals surface area contributed by atoms with Crippen LogP contribution in [-0.2, 0) is 9.59 Å². The van der Waals surface area contributed by atoms with Gasteiger partial charge in [0.1, 0.15) is 11.4 Å². The van der Waals surface area contributed by atoms with Gasteiger partial charge < -0.3 is 15.4 Å². The number of hydrogen-bond donors (Lipinski definition) is 2. The molecule has 3 aromatic rings. The van der Waals surface area contributed by atoms with Crippen molar-refractivity contribution in [2.45, 2.75) is 0 Å². The monoisotopic (exact) mass is 428 g/mol. The van der Waals surface area contributed by atoms with Crippen LogP contribution in [0.1, 0.15) is 21.6 Å². The van der Waals surface area contributed by atoms with Crippen molar-refractivity contribution < 1.29 is 19.1 Å². The first kappa shape index (κ1) is 22.1. The Morgan fingerprint density at radius 3 is 2.41 bits per heavy atom. The first-order valence-corrected chi connectivity index (χ1v) is 9.60. The maximum atomic E-state index is 12.6. The highest BCUT2D eigenvalue weighted by Gasteiger charge is 2.11.